The third kappa shape index (κ3) is 9.95. The van der Waals surface area contributed by atoms with Crippen LogP contribution in [0.4, 0.5) is 5.69 Å². The topological polar surface area (TPSA) is 74.8 Å². The molecule has 0 saturated heterocycles. The molecule has 154 valence electrons. The van der Waals surface area contributed by atoms with Gasteiger partial charge in [-0.25, -0.2) is 4.99 Å². The third-order valence-electron chi connectivity index (χ3n) is 4.25. The second-order valence-electron chi connectivity index (χ2n) is 7.01. The van der Waals surface area contributed by atoms with Crippen molar-refractivity contribution in [1.82, 2.24) is 10.6 Å². The largest absolute Gasteiger partial charge is 0.377 e. The second-order valence-corrected chi connectivity index (χ2v) is 7.01. The van der Waals surface area contributed by atoms with Crippen LogP contribution in [0.5, 0.6) is 0 Å². The van der Waals surface area contributed by atoms with Crippen molar-refractivity contribution in [2.75, 3.05) is 25.5 Å². The molecule has 6 nitrogen and oxygen atoms in total. The maximum atomic E-state index is 12.0. The SMILES string of the molecule is CCNC(=NCc1cccc(NC(=O)C(C)CC)c1)NCC(C)(C)OC.I. The molecule has 0 spiro atoms. The third-order valence-corrected chi connectivity index (χ3v) is 4.25. The van der Waals surface area contributed by atoms with Gasteiger partial charge in [0.2, 0.25) is 5.91 Å². The van der Waals surface area contributed by atoms with E-state index in [1.165, 1.54) is 0 Å². The maximum absolute atomic E-state index is 12.0. The number of guanidine groups is 1. The quantitative estimate of drug-likeness (QED) is 0.280. The smallest absolute Gasteiger partial charge is 0.227 e. The molecule has 0 bridgehead atoms. The Balaban J connectivity index is 0.00000676. The van der Waals surface area contributed by atoms with Gasteiger partial charge in [-0.1, -0.05) is 26.0 Å². The minimum Gasteiger partial charge on any atom is -0.377 e. The van der Waals surface area contributed by atoms with Crippen LogP contribution in [0, 0.1) is 5.92 Å². The van der Waals surface area contributed by atoms with Crippen LogP contribution in [0.3, 0.4) is 0 Å². The van der Waals surface area contributed by atoms with Crippen LogP contribution in [0.15, 0.2) is 29.3 Å². The van der Waals surface area contributed by atoms with Crippen molar-refractivity contribution in [2.45, 2.75) is 53.2 Å². The summed E-state index contributed by atoms with van der Waals surface area (Å²) < 4.78 is 5.42. The molecule has 7 heteroatoms. The van der Waals surface area contributed by atoms with E-state index in [9.17, 15) is 4.79 Å². The number of ether oxygens (including phenoxy) is 1. The molecular formula is C20H35IN4O2. The molecule has 1 aromatic rings. The van der Waals surface area contributed by atoms with Crippen molar-refractivity contribution in [3.05, 3.63) is 29.8 Å². The van der Waals surface area contributed by atoms with E-state index in [2.05, 4.69) is 20.9 Å². The molecule has 1 amide bonds. The van der Waals surface area contributed by atoms with Crippen molar-refractivity contribution < 1.29 is 9.53 Å². The first kappa shape index (κ1) is 25.6. The summed E-state index contributed by atoms with van der Waals surface area (Å²) in [6, 6.07) is 7.81. The zero-order valence-corrected chi connectivity index (χ0v) is 19.7. The predicted octanol–water partition coefficient (Wildman–Crippen LogP) is 3.77. The van der Waals surface area contributed by atoms with E-state index < -0.39 is 0 Å². The summed E-state index contributed by atoms with van der Waals surface area (Å²) >= 11 is 0. The highest BCUT2D eigenvalue weighted by molar-refractivity contribution is 14.0. The Morgan fingerprint density at radius 3 is 2.56 bits per heavy atom. The van der Waals surface area contributed by atoms with Crippen LogP contribution >= 0.6 is 24.0 Å². The average Bonchev–Trinajstić information content (AvgIpc) is 2.63. The van der Waals surface area contributed by atoms with Crippen molar-refractivity contribution in [1.29, 1.82) is 0 Å². The minimum absolute atomic E-state index is 0. The maximum Gasteiger partial charge on any atom is 0.227 e. The Morgan fingerprint density at radius 1 is 1.26 bits per heavy atom. The van der Waals surface area contributed by atoms with Crippen LogP contribution in [-0.4, -0.2) is 37.7 Å². The number of rotatable bonds is 9. The fraction of sp³-hybridized carbons (Fsp3) is 0.600. The molecule has 0 aromatic heterocycles. The predicted molar refractivity (Wildman–Crippen MR) is 124 cm³/mol. The van der Waals surface area contributed by atoms with Gasteiger partial charge < -0.3 is 20.7 Å². The van der Waals surface area contributed by atoms with Crippen LogP contribution in [0.25, 0.3) is 0 Å². The number of hydrogen-bond acceptors (Lipinski definition) is 3. The minimum atomic E-state index is -0.267. The van der Waals surface area contributed by atoms with Crippen LogP contribution in [0.2, 0.25) is 0 Å². The summed E-state index contributed by atoms with van der Waals surface area (Å²) in [4.78, 5) is 16.7. The Labute approximate surface area is 181 Å². The molecule has 0 fully saturated rings. The van der Waals surface area contributed by atoms with Crippen molar-refractivity contribution in [3.63, 3.8) is 0 Å². The van der Waals surface area contributed by atoms with E-state index in [4.69, 9.17) is 4.74 Å². The number of methoxy groups -OCH3 is 1. The number of anilines is 1. The number of amides is 1. The first-order valence-corrected chi connectivity index (χ1v) is 9.28. The average molecular weight is 490 g/mol. The highest BCUT2D eigenvalue weighted by Crippen LogP contribution is 2.14. The number of carbonyl (C=O) groups is 1. The molecule has 1 unspecified atom stereocenters. The highest BCUT2D eigenvalue weighted by atomic mass is 127. The molecule has 0 radical (unpaired) electrons. The Morgan fingerprint density at radius 2 is 1.96 bits per heavy atom. The van der Waals surface area contributed by atoms with Gasteiger partial charge in [-0.15, -0.1) is 24.0 Å². The van der Waals surface area contributed by atoms with E-state index in [1.807, 2.05) is 58.9 Å². The molecule has 0 heterocycles. The normalized spacial score (nSPS) is 12.7. The van der Waals surface area contributed by atoms with Gasteiger partial charge >= 0.3 is 0 Å². The lowest BCUT2D eigenvalue weighted by Crippen LogP contribution is -2.45. The Kier molecular flexibility index (Phi) is 12.3. The van der Waals surface area contributed by atoms with Crippen LogP contribution in [-0.2, 0) is 16.1 Å². The summed E-state index contributed by atoms with van der Waals surface area (Å²) in [7, 11) is 1.70. The van der Waals surface area contributed by atoms with Gasteiger partial charge in [0.25, 0.3) is 0 Å². The summed E-state index contributed by atoms with van der Waals surface area (Å²) in [6.45, 7) is 12.0. The van der Waals surface area contributed by atoms with Gasteiger partial charge in [-0.2, -0.15) is 0 Å². The molecule has 0 aliphatic rings. The molecule has 1 aromatic carbocycles. The van der Waals surface area contributed by atoms with Crippen LogP contribution in [0.1, 0.15) is 46.6 Å². The molecule has 0 aliphatic carbocycles. The van der Waals surface area contributed by atoms with Crippen LogP contribution < -0.4 is 16.0 Å². The molecule has 1 rings (SSSR count). The lowest BCUT2D eigenvalue weighted by molar-refractivity contribution is -0.119. The van der Waals surface area contributed by atoms with Gasteiger partial charge in [0.1, 0.15) is 0 Å². The highest BCUT2D eigenvalue weighted by Gasteiger charge is 2.16. The number of hydrogen-bond donors (Lipinski definition) is 3. The zero-order valence-electron chi connectivity index (χ0n) is 17.4. The number of halogens is 1. The van der Waals surface area contributed by atoms with Gasteiger partial charge in [-0.05, 0) is 44.9 Å². The van der Waals surface area contributed by atoms with E-state index in [0.717, 1.165) is 30.2 Å². The number of benzene rings is 1. The van der Waals surface area contributed by atoms with Gasteiger partial charge in [0, 0.05) is 31.8 Å². The second kappa shape index (κ2) is 12.9. The molecule has 3 N–H and O–H groups in total. The van der Waals surface area contributed by atoms with Gasteiger partial charge in [0.15, 0.2) is 5.96 Å². The molecule has 27 heavy (non-hydrogen) atoms. The lowest BCUT2D eigenvalue weighted by atomic mass is 10.1. The summed E-state index contributed by atoms with van der Waals surface area (Å²) in [5.74, 6) is 0.794. The fourth-order valence-electron chi connectivity index (χ4n) is 2.08. The van der Waals surface area contributed by atoms with E-state index in [1.54, 1.807) is 7.11 Å². The Bertz CT molecular complexity index is 605. The first-order chi connectivity index (χ1) is 12.3. The monoisotopic (exact) mass is 490 g/mol. The molecular weight excluding hydrogens is 455 g/mol. The van der Waals surface area contributed by atoms with E-state index >= 15 is 0 Å². The molecule has 0 saturated carbocycles. The summed E-state index contributed by atoms with van der Waals surface area (Å²) in [5, 5.41) is 9.49. The number of nitrogens with one attached hydrogen (secondary N) is 3. The van der Waals surface area contributed by atoms with Crippen molar-refractivity contribution in [2.24, 2.45) is 10.9 Å². The number of carbonyl (C=O) groups excluding carboxylic acids is 1. The molecule has 1 atom stereocenters. The number of nitrogens with zero attached hydrogens (tertiary/aromatic N) is 1. The van der Waals surface area contributed by atoms with Crippen molar-refractivity contribution in [3.8, 4) is 0 Å². The van der Waals surface area contributed by atoms with E-state index in [0.29, 0.717) is 13.1 Å². The summed E-state index contributed by atoms with van der Waals surface area (Å²) in [5.41, 5.74) is 1.58. The first-order valence-electron chi connectivity index (χ1n) is 9.28. The van der Waals surface area contributed by atoms with E-state index in [-0.39, 0.29) is 41.4 Å². The standard InChI is InChI=1S/C20H34N4O2.HI/c1-7-15(3)18(25)24-17-11-9-10-16(12-17)13-22-19(21-8-2)23-14-20(4,5)26-6;/h9-12,15H,7-8,13-14H2,1-6H3,(H,24,25)(H2,21,22,23);1H. The number of aliphatic imine (C=N–C) groups is 1. The zero-order chi connectivity index (χ0) is 19.6. The fourth-order valence-corrected chi connectivity index (χ4v) is 2.08. The van der Waals surface area contributed by atoms with Gasteiger partial charge in [-0.3, -0.25) is 4.79 Å². The Hall–Kier alpha value is -1.35. The lowest BCUT2D eigenvalue weighted by Gasteiger charge is -2.24. The summed E-state index contributed by atoms with van der Waals surface area (Å²) in [6.07, 6.45) is 0.825. The molecule has 0 aliphatic heterocycles. The van der Waals surface area contributed by atoms with Gasteiger partial charge in [0.05, 0.1) is 12.1 Å². The van der Waals surface area contributed by atoms with Crippen molar-refractivity contribution >= 4 is 41.5 Å².